The maximum absolute atomic E-state index is 13.5. The smallest absolute Gasteiger partial charge is 0.283 e. The molecule has 2 aromatic heterocycles. The Morgan fingerprint density at radius 3 is 2.19 bits per heavy atom. The van der Waals surface area contributed by atoms with Crippen molar-refractivity contribution in [1.29, 1.82) is 0 Å². The Balaban J connectivity index is 1.74. The third kappa shape index (κ3) is 3.20. The lowest BCUT2D eigenvalue weighted by molar-refractivity contribution is 0.582. The van der Waals surface area contributed by atoms with Crippen molar-refractivity contribution in [1.82, 2.24) is 13.8 Å². The molecule has 0 unspecified atom stereocenters. The largest absolute Gasteiger partial charge is 0.313 e. The predicted molar refractivity (Wildman–Crippen MR) is 124 cm³/mol. The minimum Gasteiger partial charge on any atom is -0.313 e. The van der Waals surface area contributed by atoms with Gasteiger partial charge < -0.3 is 4.57 Å². The van der Waals surface area contributed by atoms with Crippen LogP contribution in [0.2, 0.25) is 0 Å². The molecular formula is C25H22FN3O2S. The van der Waals surface area contributed by atoms with Gasteiger partial charge in [-0.25, -0.2) is 4.39 Å². The Bertz CT molecular complexity index is 1560. The summed E-state index contributed by atoms with van der Waals surface area (Å²) >= 11 is 0. The van der Waals surface area contributed by atoms with E-state index in [1.807, 2.05) is 19.1 Å². The minimum absolute atomic E-state index is 0.194. The number of rotatable bonds is 4. The summed E-state index contributed by atoms with van der Waals surface area (Å²) in [6.07, 6.45) is 1.57. The quantitative estimate of drug-likeness (QED) is 0.350. The zero-order valence-electron chi connectivity index (χ0n) is 17.9. The van der Waals surface area contributed by atoms with E-state index in [-0.39, 0.29) is 16.6 Å². The number of fused-ring (bicyclic) bond motifs is 2. The molecule has 0 fully saturated rings. The highest BCUT2D eigenvalue weighted by molar-refractivity contribution is 7.90. The zero-order chi connectivity index (χ0) is 22.6. The van der Waals surface area contributed by atoms with E-state index in [4.69, 9.17) is 0 Å². The van der Waals surface area contributed by atoms with Crippen molar-refractivity contribution >= 4 is 31.8 Å². The van der Waals surface area contributed by atoms with Gasteiger partial charge in [0.25, 0.3) is 10.0 Å². The third-order valence-electron chi connectivity index (χ3n) is 5.71. The SMILES string of the molecule is Cc1ccc(S(=O)(=O)n2ncc3cc4c(cc(C(C)C)n4-c4ccc(F)cc4)cc32)cc1. The van der Waals surface area contributed by atoms with E-state index in [0.29, 0.717) is 10.9 Å². The van der Waals surface area contributed by atoms with Gasteiger partial charge in [-0.3, -0.25) is 0 Å². The molecule has 3 aromatic carbocycles. The van der Waals surface area contributed by atoms with Gasteiger partial charge in [-0.1, -0.05) is 31.5 Å². The second-order valence-corrected chi connectivity index (χ2v) is 10.1. The summed E-state index contributed by atoms with van der Waals surface area (Å²) in [4.78, 5) is 0.194. The van der Waals surface area contributed by atoms with Gasteiger partial charge in [-0.15, -0.1) is 0 Å². The van der Waals surface area contributed by atoms with Crippen LogP contribution in [0.4, 0.5) is 4.39 Å². The van der Waals surface area contributed by atoms with Gasteiger partial charge in [0.15, 0.2) is 0 Å². The first-order valence-electron chi connectivity index (χ1n) is 10.4. The molecule has 5 aromatic rings. The summed E-state index contributed by atoms with van der Waals surface area (Å²) in [5.74, 6) is -0.0790. The number of aromatic nitrogens is 3. The number of hydrogen-bond acceptors (Lipinski definition) is 3. The van der Waals surface area contributed by atoms with Crippen LogP contribution in [0.25, 0.3) is 27.5 Å². The van der Waals surface area contributed by atoms with Crippen molar-refractivity contribution < 1.29 is 12.8 Å². The van der Waals surface area contributed by atoms with Crippen LogP contribution >= 0.6 is 0 Å². The van der Waals surface area contributed by atoms with E-state index in [9.17, 15) is 12.8 Å². The molecule has 0 atom stereocenters. The average molecular weight is 448 g/mol. The summed E-state index contributed by atoms with van der Waals surface area (Å²) in [5.41, 5.74) is 4.33. The van der Waals surface area contributed by atoms with Crippen molar-refractivity contribution in [3.8, 4) is 5.69 Å². The van der Waals surface area contributed by atoms with Crippen LogP contribution in [0, 0.1) is 12.7 Å². The summed E-state index contributed by atoms with van der Waals surface area (Å²) < 4.78 is 43.2. The Kier molecular flexibility index (Phi) is 4.67. The maximum Gasteiger partial charge on any atom is 0.283 e. The van der Waals surface area contributed by atoms with Gasteiger partial charge in [0.05, 0.1) is 22.1 Å². The summed E-state index contributed by atoms with van der Waals surface area (Å²) in [7, 11) is -3.83. The van der Waals surface area contributed by atoms with E-state index in [1.165, 1.54) is 12.1 Å². The van der Waals surface area contributed by atoms with Crippen molar-refractivity contribution in [2.45, 2.75) is 31.6 Å². The average Bonchev–Trinajstić information content (AvgIpc) is 3.34. The number of nitrogens with zero attached hydrogens (tertiary/aromatic N) is 3. The van der Waals surface area contributed by atoms with Crippen molar-refractivity contribution in [3.63, 3.8) is 0 Å². The Morgan fingerprint density at radius 2 is 1.53 bits per heavy atom. The van der Waals surface area contributed by atoms with Crippen LogP contribution in [0.3, 0.4) is 0 Å². The van der Waals surface area contributed by atoms with Crippen LogP contribution in [-0.4, -0.2) is 22.2 Å². The zero-order valence-corrected chi connectivity index (χ0v) is 18.8. The lowest BCUT2D eigenvalue weighted by atomic mass is 10.1. The second-order valence-electron chi connectivity index (χ2n) is 8.31. The minimum atomic E-state index is -3.83. The van der Waals surface area contributed by atoms with Gasteiger partial charge in [-0.05, 0) is 67.4 Å². The topological polar surface area (TPSA) is 56.9 Å². The van der Waals surface area contributed by atoms with Crippen LogP contribution < -0.4 is 0 Å². The van der Waals surface area contributed by atoms with Crippen molar-refractivity contribution in [2.24, 2.45) is 0 Å². The van der Waals surface area contributed by atoms with Crippen LogP contribution in [0.15, 0.2) is 77.8 Å². The first-order chi connectivity index (χ1) is 15.3. The highest BCUT2D eigenvalue weighted by atomic mass is 32.2. The maximum atomic E-state index is 13.5. The van der Waals surface area contributed by atoms with Crippen LogP contribution in [-0.2, 0) is 10.0 Å². The monoisotopic (exact) mass is 447 g/mol. The molecule has 7 heteroatoms. The van der Waals surface area contributed by atoms with Gasteiger partial charge in [0.1, 0.15) is 5.82 Å². The van der Waals surface area contributed by atoms with E-state index >= 15 is 0 Å². The van der Waals surface area contributed by atoms with Crippen molar-refractivity contribution in [3.05, 3.63) is 90.0 Å². The molecule has 5 nitrogen and oxygen atoms in total. The second kappa shape index (κ2) is 7.31. The van der Waals surface area contributed by atoms with Crippen LogP contribution in [0.5, 0.6) is 0 Å². The Hall–Kier alpha value is -3.45. The first kappa shape index (κ1) is 20.5. The number of halogens is 1. The molecular weight excluding hydrogens is 425 g/mol. The Morgan fingerprint density at radius 1 is 0.875 bits per heavy atom. The van der Waals surface area contributed by atoms with Gasteiger partial charge >= 0.3 is 0 Å². The van der Waals surface area contributed by atoms with E-state index in [2.05, 4.69) is 29.6 Å². The summed E-state index contributed by atoms with van der Waals surface area (Å²) in [6, 6.07) is 19.0. The molecule has 0 radical (unpaired) electrons. The van der Waals surface area contributed by atoms with E-state index in [1.54, 1.807) is 42.6 Å². The molecule has 0 saturated carbocycles. The van der Waals surface area contributed by atoms with Crippen molar-refractivity contribution in [2.75, 3.05) is 0 Å². The molecule has 5 rings (SSSR count). The summed E-state index contributed by atoms with van der Waals surface area (Å²) in [5, 5.41) is 5.82. The molecule has 0 saturated heterocycles. The molecule has 0 spiro atoms. The molecule has 0 N–H and O–H groups in total. The molecule has 2 heterocycles. The molecule has 32 heavy (non-hydrogen) atoms. The molecule has 0 aliphatic heterocycles. The summed E-state index contributed by atoms with van der Waals surface area (Å²) in [6.45, 7) is 6.10. The highest BCUT2D eigenvalue weighted by Gasteiger charge is 2.22. The highest BCUT2D eigenvalue weighted by Crippen LogP contribution is 2.33. The lowest BCUT2D eigenvalue weighted by Crippen LogP contribution is -2.14. The fraction of sp³-hybridized carbons (Fsp3) is 0.160. The van der Waals surface area contributed by atoms with Gasteiger partial charge in [-0.2, -0.15) is 17.6 Å². The normalized spacial score (nSPS) is 12.3. The first-order valence-corrected chi connectivity index (χ1v) is 11.8. The lowest BCUT2D eigenvalue weighted by Gasteiger charge is -2.13. The van der Waals surface area contributed by atoms with E-state index in [0.717, 1.165) is 31.9 Å². The van der Waals surface area contributed by atoms with Gasteiger partial charge in [0, 0.05) is 22.2 Å². The molecule has 0 aliphatic rings. The standard InChI is InChI=1S/C25H22FN3O2S/c1-16(2)23-12-18-13-25-19(14-24(18)28(23)21-8-6-20(26)7-9-21)15-27-29(25)32(30,31)22-10-4-17(3)5-11-22/h4-16H,1-3H3. The number of hydrogen-bond donors (Lipinski definition) is 0. The number of aryl methyl sites for hydroxylation is 1. The molecule has 0 amide bonds. The van der Waals surface area contributed by atoms with Crippen LogP contribution in [0.1, 0.15) is 31.0 Å². The van der Waals surface area contributed by atoms with E-state index < -0.39 is 10.0 Å². The number of benzene rings is 3. The molecule has 0 bridgehead atoms. The fourth-order valence-corrected chi connectivity index (χ4v) is 5.30. The van der Waals surface area contributed by atoms with Gasteiger partial charge in [0.2, 0.25) is 0 Å². The Labute approximate surface area is 185 Å². The third-order valence-corrected chi connectivity index (χ3v) is 7.32. The molecule has 0 aliphatic carbocycles. The predicted octanol–water partition coefficient (Wildman–Crippen LogP) is 5.79. The molecule has 162 valence electrons. The fourth-order valence-electron chi connectivity index (χ4n) is 4.03.